The van der Waals surface area contributed by atoms with Crippen LogP contribution in [0.3, 0.4) is 0 Å². The van der Waals surface area contributed by atoms with Crippen LogP contribution in [-0.4, -0.2) is 27.3 Å². The third-order valence-corrected chi connectivity index (χ3v) is 6.64. The molecule has 1 aromatic heterocycles. The van der Waals surface area contributed by atoms with Crippen LogP contribution in [0, 0.1) is 13.8 Å². The lowest BCUT2D eigenvalue weighted by molar-refractivity contribution is 0.237. The lowest BCUT2D eigenvalue weighted by atomic mass is 10.1. The second-order valence-electron chi connectivity index (χ2n) is 8.54. The molecule has 0 spiro atoms. The van der Waals surface area contributed by atoms with E-state index in [4.69, 9.17) is 0 Å². The monoisotopic (exact) mass is 485 g/mol. The van der Waals surface area contributed by atoms with E-state index in [0.717, 1.165) is 22.2 Å². The average Bonchev–Trinajstić information content (AvgIpc) is 3.28. The fourth-order valence-electron chi connectivity index (χ4n) is 3.91. The quantitative estimate of drug-likeness (QED) is 0.295. The first kappa shape index (κ1) is 24.5. The second kappa shape index (κ2) is 11.7. The van der Waals surface area contributed by atoms with Crippen molar-refractivity contribution >= 4 is 17.8 Å². The lowest BCUT2D eigenvalue weighted by Gasteiger charge is -2.20. The molecule has 1 atom stereocenters. The summed E-state index contributed by atoms with van der Waals surface area (Å²) in [5.74, 6) is 1.48. The minimum Gasteiger partial charge on any atom is -0.338 e. The summed E-state index contributed by atoms with van der Waals surface area (Å²) in [5.41, 5.74) is 5.73. The first-order valence-corrected chi connectivity index (χ1v) is 12.8. The molecule has 0 aliphatic carbocycles. The third kappa shape index (κ3) is 6.51. The van der Waals surface area contributed by atoms with Crippen LogP contribution in [-0.2, 0) is 12.2 Å². The standard InChI is InChI=1S/C28H31N5OS/c1-4-29-27(34)30-25(18-22-10-6-5-7-11-22)26-31-32-28(33(26)24-15-13-20(2)14-16-24)35-19-23-12-8-9-21(3)17-23/h5-17,25H,4,18-19H2,1-3H3,(H2,29,30,34). The molecule has 0 saturated carbocycles. The van der Waals surface area contributed by atoms with Crippen molar-refractivity contribution in [1.82, 2.24) is 25.4 Å². The van der Waals surface area contributed by atoms with Crippen LogP contribution in [0.1, 0.15) is 41.0 Å². The predicted molar refractivity (Wildman–Crippen MR) is 142 cm³/mol. The van der Waals surface area contributed by atoms with Gasteiger partial charge in [-0.3, -0.25) is 4.57 Å². The topological polar surface area (TPSA) is 71.8 Å². The van der Waals surface area contributed by atoms with Gasteiger partial charge in [0.25, 0.3) is 0 Å². The van der Waals surface area contributed by atoms with Gasteiger partial charge in [0.15, 0.2) is 11.0 Å². The van der Waals surface area contributed by atoms with Crippen molar-refractivity contribution in [3.63, 3.8) is 0 Å². The predicted octanol–water partition coefficient (Wildman–Crippen LogP) is 5.78. The Morgan fingerprint density at radius 2 is 1.66 bits per heavy atom. The molecule has 1 heterocycles. The highest BCUT2D eigenvalue weighted by molar-refractivity contribution is 7.98. The number of thioether (sulfide) groups is 1. The normalized spacial score (nSPS) is 11.7. The van der Waals surface area contributed by atoms with Gasteiger partial charge < -0.3 is 10.6 Å². The van der Waals surface area contributed by atoms with Crippen LogP contribution >= 0.6 is 11.8 Å². The van der Waals surface area contributed by atoms with Gasteiger partial charge >= 0.3 is 6.03 Å². The van der Waals surface area contributed by atoms with Gasteiger partial charge in [0.1, 0.15) is 0 Å². The molecule has 2 amide bonds. The third-order valence-electron chi connectivity index (χ3n) is 5.64. The number of hydrogen-bond acceptors (Lipinski definition) is 4. The first-order chi connectivity index (χ1) is 17.0. The molecule has 0 aliphatic rings. The van der Waals surface area contributed by atoms with Gasteiger partial charge in [-0.25, -0.2) is 4.79 Å². The number of amides is 2. The Morgan fingerprint density at radius 1 is 0.914 bits per heavy atom. The summed E-state index contributed by atoms with van der Waals surface area (Å²) in [5, 5.41) is 15.9. The lowest BCUT2D eigenvalue weighted by Crippen LogP contribution is -2.39. The molecule has 4 rings (SSSR count). The summed E-state index contributed by atoms with van der Waals surface area (Å²) < 4.78 is 2.07. The summed E-state index contributed by atoms with van der Waals surface area (Å²) in [4.78, 5) is 12.6. The fraction of sp³-hybridized carbons (Fsp3) is 0.250. The minimum atomic E-state index is -0.355. The van der Waals surface area contributed by atoms with Gasteiger partial charge in [-0.1, -0.05) is 89.6 Å². The molecule has 0 aliphatic heterocycles. The van der Waals surface area contributed by atoms with E-state index in [2.05, 4.69) is 99.9 Å². The molecule has 180 valence electrons. The van der Waals surface area contributed by atoms with Gasteiger partial charge in [0.2, 0.25) is 0 Å². The van der Waals surface area contributed by atoms with Crippen molar-refractivity contribution in [3.05, 3.63) is 107 Å². The maximum Gasteiger partial charge on any atom is 0.315 e. The number of rotatable bonds is 9. The number of benzene rings is 3. The van der Waals surface area contributed by atoms with Crippen molar-refractivity contribution in [2.45, 2.75) is 44.1 Å². The number of aromatic nitrogens is 3. The van der Waals surface area contributed by atoms with E-state index in [9.17, 15) is 4.79 Å². The molecule has 3 aromatic carbocycles. The summed E-state index contributed by atoms with van der Waals surface area (Å²) in [7, 11) is 0. The molecule has 2 N–H and O–H groups in total. The Labute approximate surface area is 211 Å². The van der Waals surface area contributed by atoms with Crippen LogP contribution in [0.25, 0.3) is 5.69 Å². The Balaban J connectivity index is 1.72. The van der Waals surface area contributed by atoms with Crippen LogP contribution in [0.2, 0.25) is 0 Å². The van der Waals surface area contributed by atoms with Crippen molar-refractivity contribution in [3.8, 4) is 5.69 Å². The highest BCUT2D eigenvalue weighted by Crippen LogP contribution is 2.29. The van der Waals surface area contributed by atoms with E-state index in [1.807, 2.05) is 25.1 Å². The first-order valence-electron chi connectivity index (χ1n) is 11.8. The number of carbonyl (C=O) groups is 1. The van der Waals surface area contributed by atoms with E-state index in [1.54, 1.807) is 11.8 Å². The summed E-state index contributed by atoms with van der Waals surface area (Å²) in [6.45, 7) is 6.62. The van der Waals surface area contributed by atoms with Crippen molar-refractivity contribution in [2.24, 2.45) is 0 Å². The Morgan fingerprint density at radius 3 is 2.37 bits per heavy atom. The summed E-state index contributed by atoms with van der Waals surface area (Å²) in [6, 6.07) is 26.4. The summed E-state index contributed by atoms with van der Waals surface area (Å²) in [6.07, 6.45) is 0.602. The van der Waals surface area contributed by atoms with Crippen LogP contribution in [0.15, 0.2) is 84.0 Å². The Bertz CT molecular complexity index is 1250. The number of nitrogens with zero attached hydrogens (tertiary/aromatic N) is 3. The number of urea groups is 1. The van der Waals surface area contributed by atoms with Gasteiger partial charge in [0.05, 0.1) is 6.04 Å². The van der Waals surface area contributed by atoms with Gasteiger partial charge in [0, 0.05) is 24.4 Å². The molecule has 6 nitrogen and oxygen atoms in total. The summed E-state index contributed by atoms with van der Waals surface area (Å²) >= 11 is 1.64. The Hall–Kier alpha value is -3.58. The molecule has 7 heteroatoms. The minimum absolute atomic E-state index is 0.221. The average molecular weight is 486 g/mol. The number of aryl methyl sites for hydroxylation is 2. The molecular weight excluding hydrogens is 454 g/mol. The maximum atomic E-state index is 12.6. The van der Waals surface area contributed by atoms with Crippen LogP contribution < -0.4 is 10.6 Å². The maximum absolute atomic E-state index is 12.6. The largest absolute Gasteiger partial charge is 0.338 e. The number of hydrogen-bond donors (Lipinski definition) is 2. The molecule has 0 radical (unpaired) electrons. The van der Waals surface area contributed by atoms with E-state index >= 15 is 0 Å². The molecule has 35 heavy (non-hydrogen) atoms. The van der Waals surface area contributed by atoms with Gasteiger partial charge in [-0.2, -0.15) is 0 Å². The molecule has 1 unspecified atom stereocenters. The zero-order valence-electron chi connectivity index (χ0n) is 20.4. The van der Waals surface area contributed by atoms with Gasteiger partial charge in [-0.15, -0.1) is 10.2 Å². The SMILES string of the molecule is CCNC(=O)NC(Cc1ccccc1)c1nnc(SCc2cccc(C)c2)n1-c1ccc(C)cc1. The smallest absolute Gasteiger partial charge is 0.315 e. The van der Waals surface area contributed by atoms with Crippen molar-refractivity contribution < 1.29 is 4.79 Å². The highest BCUT2D eigenvalue weighted by Gasteiger charge is 2.25. The zero-order chi connectivity index (χ0) is 24.6. The van der Waals surface area contributed by atoms with E-state index < -0.39 is 0 Å². The molecule has 0 bridgehead atoms. The van der Waals surface area contributed by atoms with Crippen LogP contribution in [0.4, 0.5) is 4.79 Å². The van der Waals surface area contributed by atoms with Crippen LogP contribution in [0.5, 0.6) is 0 Å². The zero-order valence-corrected chi connectivity index (χ0v) is 21.2. The van der Waals surface area contributed by atoms with E-state index in [1.165, 1.54) is 16.7 Å². The second-order valence-corrected chi connectivity index (χ2v) is 9.48. The Kier molecular flexibility index (Phi) is 8.21. The molecule has 0 fully saturated rings. The number of nitrogens with one attached hydrogen (secondary N) is 2. The van der Waals surface area contributed by atoms with E-state index in [-0.39, 0.29) is 12.1 Å². The molecular formula is C28H31N5OS. The number of carbonyl (C=O) groups excluding carboxylic acids is 1. The molecule has 4 aromatic rings. The van der Waals surface area contributed by atoms with Crippen molar-refractivity contribution in [1.29, 1.82) is 0 Å². The van der Waals surface area contributed by atoms with E-state index in [0.29, 0.717) is 18.8 Å². The molecule has 0 saturated heterocycles. The highest BCUT2D eigenvalue weighted by atomic mass is 32.2. The fourth-order valence-corrected chi connectivity index (χ4v) is 4.82. The van der Waals surface area contributed by atoms with Gasteiger partial charge in [-0.05, 0) is 44.0 Å². The van der Waals surface area contributed by atoms with Crippen molar-refractivity contribution in [2.75, 3.05) is 6.54 Å².